The minimum Gasteiger partial charge on any atom is -0.418 e. The molecule has 3 nitrogen and oxygen atoms in total. The van der Waals surface area contributed by atoms with Crippen LogP contribution in [0.1, 0.15) is 41.5 Å². The maximum absolute atomic E-state index is 6.32. The van der Waals surface area contributed by atoms with Crippen molar-refractivity contribution >= 4 is 38.1 Å². The van der Waals surface area contributed by atoms with Crippen molar-refractivity contribution in [1.29, 1.82) is 0 Å². The fraction of sp³-hybridized carbons (Fsp3) is 0.467. The molecule has 0 spiro atoms. The molecule has 0 heterocycles. The van der Waals surface area contributed by atoms with Gasteiger partial charge in [0.25, 0.3) is 0 Å². The van der Waals surface area contributed by atoms with Crippen LogP contribution in [-0.2, 0) is 12.3 Å². The van der Waals surface area contributed by atoms with E-state index in [9.17, 15) is 0 Å². The molecule has 0 atom stereocenters. The number of allylic oxidation sites excluding steroid dienone is 7. The van der Waals surface area contributed by atoms with Gasteiger partial charge in [-0.3, -0.25) is 0 Å². The largest absolute Gasteiger partial charge is 0.473 e. The molecule has 0 saturated heterocycles. The van der Waals surface area contributed by atoms with E-state index in [1.807, 2.05) is 6.08 Å². The summed E-state index contributed by atoms with van der Waals surface area (Å²) in [5, 5.41) is 4.01. The van der Waals surface area contributed by atoms with E-state index in [0.29, 0.717) is 6.04 Å². The molecule has 0 unspecified atom stereocenters. The lowest BCUT2D eigenvalue weighted by atomic mass is 10.6. The molecule has 0 aromatic rings. The summed E-state index contributed by atoms with van der Waals surface area (Å²) in [5.74, 6) is 0. The zero-order valence-corrected chi connectivity index (χ0v) is 20.3. The van der Waals surface area contributed by atoms with Gasteiger partial charge in [0.2, 0.25) is 0 Å². The molecule has 0 rings (SSSR count). The van der Waals surface area contributed by atoms with E-state index in [4.69, 9.17) is 12.3 Å². The highest BCUT2D eigenvalue weighted by molar-refractivity contribution is 6.76. The van der Waals surface area contributed by atoms with Crippen LogP contribution in [0, 0.1) is 0 Å². The van der Waals surface area contributed by atoms with Crippen LogP contribution in [0.5, 0.6) is 0 Å². The second kappa shape index (κ2) is 12.2. The van der Waals surface area contributed by atoms with Gasteiger partial charge >= 0.3 is 8.80 Å². The predicted molar refractivity (Wildman–Crippen MR) is 108 cm³/mol. The van der Waals surface area contributed by atoms with E-state index in [2.05, 4.69) is 66.3 Å². The Hall–Kier alpha value is -0.292. The van der Waals surface area contributed by atoms with Crippen LogP contribution in [0.25, 0.3) is 0 Å². The van der Waals surface area contributed by atoms with Gasteiger partial charge in [-0.05, 0) is 41.5 Å². The molecule has 0 N–H and O–H groups in total. The molecule has 0 aromatic heterocycles. The molecule has 126 valence electrons. The predicted octanol–water partition coefficient (Wildman–Crippen LogP) is 2.18. The lowest BCUT2D eigenvalue weighted by Crippen LogP contribution is -2.48. The van der Waals surface area contributed by atoms with Crippen molar-refractivity contribution in [3.05, 3.63) is 46.5 Å². The smallest absolute Gasteiger partial charge is 0.418 e. The van der Waals surface area contributed by atoms with Crippen LogP contribution in [-0.4, -0.2) is 38.1 Å². The summed E-state index contributed by atoms with van der Waals surface area (Å²) in [4.78, 5) is 0. The van der Waals surface area contributed by atoms with E-state index in [1.165, 1.54) is 15.6 Å². The summed E-state index contributed by atoms with van der Waals surface area (Å²) in [6.45, 7) is 16.4. The first-order valence-corrected chi connectivity index (χ1v) is 13.6. The van der Waals surface area contributed by atoms with E-state index in [1.54, 1.807) is 0 Å². The normalized spacial score (nSPS) is 18.2. The third-order valence-corrected chi connectivity index (χ3v) is 13.8. The summed E-state index contributed by atoms with van der Waals surface area (Å²) < 4.78 is 19.0. The Balaban J connectivity index is 5.09. The standard InChI is InChI=1S/C15H32O3Si4/c1-8-12-22(16-19-13(5)9-2,17-20-14(6)10-3)18-21-15(7)11-4/h8-11H,1,12,19-21H2,2-7H3. The Morgan fingerprint density at radius 3 is 1.36 bits per heavy atom. The Kier molecular flexibility index (Phi) is 12.0. The van der Waals surface area contributed by atoms with Gasteiger partial charge in [-0.15, -0.1) is 6.58 Å². The average Bonchev–Trinajstić information content (AvgIpc) is 2.54. The van der Waals surface area contributed by atoms with Gasteiger partial charge in [-0.2, -0.15) is 0 Å². The van der Waals surface area contributed by atoms with Gasteiger partial charge in [-0.25, -0.2) is 0 Å². The van der Waals surface area contributed by atoms with Crippen molar-refractivity contribution in [1.82, 2.24) is 0 Å². The fourth-order valence-electron chi connectivity index (χ4n) is 1.40. The zero-order chi connectivity index (χ0) is 17.0. The lowest BCUT2D eigenvalue weighted by molar-refractivity contribution is 0.288. The van der Waals surface area contributed by atoms with Crippen LogP contribution in [0.2, 0.25) is 6.04 Å². The molecule has 0 aromatic carbocycles. The molecule has 22 heavy (non-hydrogen) atoms. The van der Waals surface area contributed by atoms with E-state index in [-0.39, 0.29) is 0 Å². The van der Waals surface area contributed by atoms with Crippen molar-refractivity contribution in [2.45, 2.75) is 47.6 Å². The minimum atomic E-state index is -2.59. The summed E-state index contributed by atoms with van der Waals surface area (Å²) in [6, 6.07) is 0.713. The Morgan fingerprint density at radius 2 is 1.14 bits per heavy atom. The summed E-state index contributed by atoms with van der Waals surface area (Å²) >= 11 is 0. The van der Waals surface area contributed by atoms with Crippen molar-refractivity contribution < 1.29 is 12.3 Å². The maximum Gasteiger partial charge on any atom is 0.473 e. The highest BCUT2D eigenvalue weighted by Gasteiger charge is 2.38. The van der Waals surface area contributed by atoms with Gasteiger partial charge in [-0.1, -0.05) is 39.9 Å². The Labute approximate surface area is 144 Å². The third kappa shape index (κ3) is 8.98. The first kappa shape index (κ1) is 21.7. The van der Waals surface area contributed by atoms with Crippen molar-refractivity contribution in [3.8, 4) is 0 Å². The molecule has 0 amide bonds. The molecule has 0 saturated carbocycles. The van der Waals surface area contributed by atoms with E-state index in [0.717, 1.165) is 0 Å². The second-order valence-corrected chi connectivity index (χ2v) is 14.9. The van der Waals surface area contributed by atoms with Crippen LogP contribution >= 0.6 is 0 Å². The van der Waals surface area contributed by atoms with Crippen LogP contribution in [0.4, 0.5) is 0 Å². The monoisotopic (exact) mass is 372 g/mol. The molecule has 0 radical (unpaired) electrons. The number of hydrogen-bond donors (Lipinski definition) is 0. The molecule has 0 aliphatic heterocycles. The van der Waals surface area contributed by atoms with E-state index < -0.39 is 38.1 Å². The average molecular weight is 373 g/mol. The Morgan fingerprint density at radius 1 is 0.818 bits per heavy atom. The van der Waals surface area contributed by atoms with E-state index >= 15 is 0 Å². The summed E-state index contributed by atoms with van der Waals surface area (Å²) in [5.41, 5.74) is 0. The third-order valence-electron chi connectivity index (χ3n) is 3.43. The van der Waals surface area contributed by atoms with Crippen LogP contribution < -0.4 is 0 Å². The van der Waals surface area contributed by atoms with Gasteiger partial charge in [0.15, 0.2) is 29.3 Å². The van der Waals surface area contributed by atoms with Crippen LogP contribution in [0.3, 0.4) is 0 Å². The zero-order valence-electron chi connectivity index (χ0n) is 15.1. The second-order valence-electron chi connectivity index (χ2n) is 5.45. The first-order valence-electron chi connectivity index (χ1n) is 7.81. The highest BCUT2D eigenvalue weighted by atomic mass is 28.5. The maximum atomic E-state index is 6.32. The van der Waals surface area contributed by atoms with Crippen molar-refractivity contribution in [2.75, 3.05) is 0 Å². The topological polar surface area (TPSA) is 27.7 Å². The fourth-order valence-corrected chi connectivity index (χ4v) is 12.3. The molecular weight excluding hydrogens is 341 g/mol. The first-order chi connectivity index (χ1) is 10.4. The lowest BCUT2D eigenvalue weighted by Gasteiger charge is -2.31. The van der Waals surface area contributed by atoms with Gasteiger partial charge in [0.1, 0.15) is 0 Å². The number of hydrogen-bond acceptors (Lipinski definition) is 3. The molecular formula is C15H32O3Si4. The van der Waals surface area contributed by atoms with Gasteiger partial charge < -0.3 is 12.3 Å². The summed E-state index contributed by atoms with van der Waals surface area (Å²) in [7, 11) is -4.87. The van der Waals surface area contributed by atoms with Gasteiger partial charge in [0.05, 0.1) is 0 Å². The summed E-state index contributed by atoms with van der Waals surface area (Å²) in [6.07, 6.45) is 8.28. The molecule has 0 bridgehead atoms. The van der Waals surface area contributed by atoms with Crippen molar-refractivity contribution in [2.24, 2.45) is 0 Å². The van der Waals surface area contributed by atoms with Crippen molar-refractivity contribution in [3.63, 3.8) is 0 Å². The van der Waals surface area contributed by atoms with Gasteiger partial charge in [0, 0.05) is 6.04 Å². The quantitative estimate of drug-likeness (QED) is 0.411. The molecule has 7 heteroatoms. The molecule has 0 fully saturated rings. The molecule has 0 aliphatic rings. The highest BCUT2D eigenvalue weighted by Crippen LogP contribution is 2.18. The minimum absolute atomic E-state index is 0.713. The SMILES string of the molecule is C=CC[Si](O[SiH2]C(C)=CC)(O[SiH2]C(C)=CC)O[SiH2]C(C)=CC. The Bertz CT molecular complexity index is 375. The number of rotatable bonds is 11. The molecule has 0 aliphatic carbocycles. The van der Waals surface area contributed by atoms with Crippen LogP contribution in [0.15, 0.2) is 46.5 Å².